The van der Waals surface area contributed by atoms with E-state index in [1.807, 2.05) is 19.1 Å². The lowest BCUT2D eigenvalue weighted by Crippen LogP contribution is -2.27. The highest BCUT2D eigenvalue weighted by molar-refractivity contribution is 5.37. The van der Waals surface area contributed by atoms with Gasteiger partial charge in [-0.1, -0.05) is 30.9 Å². The maximum absolute atomic E-state index is 8.89. The maximum atomic E-state index is 8.89. The summed E-state index contributed by atoms with van der Waals surface area (Å²) in [5.41, 5.74) is 2.17. The Balaban J connectivity index is 2.70. The third-order valence-corrected chi connectivity index (χ3v) is 3.00. The van der Waals surface area contributed by atoms with E-state index in [2.05, 4.69) is 41.9 Å². The highest BCUT2D eigenvalue weighted by atomic mass is 16.2. The van der Waals surface area contributed by atoms with Crippen molar-refractivity contribution in [3.05, 3.63) is 35.4 Å². The van der Waals surface area contributed by atoms with Gasteiger partial charge in [0.05, 0.1) is 18.6 Å². The largest absolute Gasteiger partial charge is 0.395 e. The van der Waals surface area contributed by atoms with Crippen molar-refractivity contribution < 1.29 is 5.11 Å². The Hall–Kier alpha value is -1.81. The van der Waals surface area contributed by atoms with Crippen LogP contribution in [0.4, 0.5) is 0 Å². The molecule has 106 valence electrons. The second-order valence-electron chi connectivity index (χ2n) is 4.83. The van der Waals surface area contributed by atoms with Gasteiger partial charge in [0, 0.05) is 25.1 Å². The zero-order valence-electron chi connectivity index (χ0n) is 12.3. The Morgan fingerprint density at radius 2 is 2.20 bits per heavy atom. The van der Waals surface area contributed by atoms with Crippen LogP contribution >= 0.6 is 0 Å². The summed E-state index contributed by atoms with van der Waals surface area (Å²) in [4.78, 5) is 2.26. The Morgan fingerprint density at radius 1 is 1.40 bits per heavy atom. The topological polar surface area (TPSA) is 47.3 Å². The molecule has 0 bridgehead atoms. The zero-order chi connectivity index (χ0) is 14.8. The molecule has 0 saturated heterocycles. The number of aliphatic hydroxyl groups excluding tert-OH is 1. The number of hydrogen-bond donors (Lipinski definition) is 1. The summed E-state index contributed by atoms with van der Waals surface area (Å²) in [7, 11) is 0. The van der Waals surface area contributed by atoms with Crippen molar-refractivity contribution in [2.45, 2.75) is 26.8 Å². The van der Waals surface area contributed by atoms with Gasteiger partial charge in [0.25, 0.3) is 0 Å². The Bertz CT molecular complexity index is 508. The first kappa shape index (κ1) is 16.2. The number of nitriles is 1. The van der Waals surface area contributed by atoms with E-state index in [9.17, 15) is 0 Å². The van der Waals surface area contributed by atoms with Crippen molar-refractivity contribution in [3.8, 4) is 17.9 Å². The molecule has 0 aliphatic heterocycles. The fraction of sp³-hybridized carbons (Fsp3) is 0.471. The van der Waals surface area contributed by atoms with Gasteiger partial charge in [-0.15, -0.1) is 0 Å². The molecule has 0 heterocycles. The predicted octanol–water partition coefficient (Wildman–Crippen LogP) is 2.40. The van der Waals surface area contributed by atoms with Crippen molar-refractivity contribution in [2.24, 2.45) is 5.92 Å². The van der Waals surface area contributed by atoms with E-state index in [0.717, 1.165) is 25.2 Å². The Kier molecular flexibility index (Phi) is 7.43. The summed E-state index contributed by atoms with van der Waals surface area (Å²) in [6.07, 6.45) is 0.505. The van der Waals surface area contributed by atoms with Crippen molar-refractivity contribution in [3.63, 3.8) is 0 Å². The van der Waals surface area contributed by atoms with Gasteiger partial charge in [0.15, 0.2) is 0 Å². The van der Waals surface area contributed by atoms with E-state index in [-0.39, 0.29) is 12.5 Å². The van der Waals surface area contributed by atoms with Crippen LogP contribution in [0.2, 0.25) is 0 Å². The van der Waals surface area contributed by atoms with Gasteiger partial charge >= 0.3 is 0 Å². The first-order valence-corrected chi connectivity index (χ1v) is 7.00. The molecule has 3 nitrogen and oxygen atoms in total. The summed E-state index contributed by atoms with van der Waals surface area (Å²) in [5, 5.41) is 17.6. The van der Waals surface area contributed by atoms with E-state index in [1.165, 1.54) is 5.56 Å². The molecule has 0 aliphatic carbocycles. The van der Waals surface area contributed by atoms with Gasteiger partial charge in [0.1, 0.15) is 0 Å². The van der Waals surface area contributed by atoms with Crippen LogP contribution < -0.4 is 0 Å². The summed E-state index contributed by atoms with van der Waals surface area (Å²) in [6, 6.07) is 10.4. The molecule has 20 heavy (non-hydrogen) atoms. The number of hydrogen-bond acceptors (Lipinski definition) is 3. The molecule has 0 spiro atoms. The van der Waals surface area contributed by atoms with Gasteiger partial charge in [-0.25, -0.2) is 0 Å². The van der Waals surface area contributed by atoms with Gasteiger partial charge in [-0.3, -0.25) is 4.90 Å². The molecule has 1 unspecified atom stereocenters. The summed E-state index contributed by atoms with van der Waals surface area (Å²) < 4.78 is 0. The standard InChI is InChI=1S/C17H22N2O/c1-3-19(13-15(2)12-18)14-17-9-6-8-16(11-17)7-4-5-10-20/h6,8-9,11,15,20H,3,5,10,13-14H2,1-2H3. The second kappa shape index (κ2) is 9.15. The third-order valence-electron chi connectivity index (χ3n) is 3.00. The van der Waals surface area contributed by atoms with Crippen LogP contribution in [0.1, 0.15) is 31.4 Å². The minimum atomic E-state index is 0.0440. The van der Waals surface area contributed by atoms with Crippen LogP contribution in [0.25, 0.3) is 0 Å². The first-order chi connectivity index (χ1) is 9.69. The quantitative estimate of drug-likeness (QED) is 0.807. The smallest absolute Gasteiger partial charge is 0.0666 e. The van der Waals surface area contributed by atoms with Crippen molar-refractivity contribution in [1.82, 2.24) is 4.90 Å². The molecular weight excluding hydrogens is 248 g/mol. The van der Waals surface area contributed by atoms with Gasteiger partial charge in [-0.05, 0) is 31.2 Å². The van der Waals surface area contributed by atoms with E-state index in [0.29, 0.717) is 6.42 Å². The lowest BCUT2D eigenvalue weighted by Gasteiger charge is -2.21. The van der Waals surface area contributed by atoms with Crippen LogP contribution in [0.5, 0.6) is 0 Å². The van der Waals surface area contributed by atoms with Crippen LogP contribution in [0.3, 0.4) is 0 Å². The highest BCUT2D eigenvalue weighted by Gasteiger charge is 2.08. The monoisotopic (exact) mass is 270 g/mol. The van der Waals surface area contributed by atoms with E-state index in [4.69, 9.17) is 10.4 Å². The van der Waals surface area contributed by atoms with E-state index in [1.54, 1.807) is 0 Å². The molecule has 3 heteroatoms. The average molecular weight is 270 g/mol. The molecule has 1 aromatic rings. The van der Waals surface area contributed by atoms with E-state index < -0.39 is 0 Å². The molecule has 0 aromatic heterocycles. The molecular formula is C17H22N2O. The Morgan fingerprint density at radius 3 is 2.85 bits per heavy atom. The van der Waals surface area contributed by atoms with E-state index >= 15 is 0 Å². The molecule has 1 rings (SSSR count). The van der Waals surface area contributed by atoms with Gasteiger partial charge in [-0.2, -0.15) is 5.26 Å². The first-order valence-electron chi connectivity index (χ1n) is 7.00. The molecule has 0 saturated carbocycles. The van der Waals surface area contributed by atoms with Gasteiger partial charge < -0.3 is 5.11 Å². The fourth-order valence-electron chi connectivity index (χ4n) is 1.96. The summed E-state index contributed by atoms with van der Waals surface area (Å²) >= 11 is 0. The Labute approximate surface area is 121 Å². The molecule has 0 amide bonds. The third kappa shape index (κ3) is 5.89. The number of nitrogens with zero attached hydrogens (tertiary/aromatic N) is 2. The molecule has 0 aliphatic rings. The van der Waals surface area contributed by atoms with Crippen molar-refractivity contribution in [1.29, 1.82) is 5.26 Å². The molecule has 1 aromatic carbocycles. The maximum Gasteiger partial charge on any atom is 0.0666 e. The fourth-order valence-corrected chi connectivity index (χ4v) is 1.96. The number of aliphatic hydroxyl groups is 1. The highest BCUT2D eigenvalue weighted by Crippen LogP contribution is 2.09. The minimum absolute atomic E-state index is 0.0440. The lowest BCUT2D eigenvalue weighted by molar-refractivity contribution is 0.260. The van der Waals surface area contributed by atoms with Crippen LogP contribution in [0, 0.1) is 29.1 Å². The average Bonchev–Trinajstić information content (AvgIpc) is 2.47. The predicted molar refractivity (Wildman–Crippen MR) is 80.8 cm³/mol. The van der Waals surface area contributed by atoms with Crippen LogP contribution in [0.15, 0.2) is 24.3 Å². The molecule has 0 radical (unpaired) electrons. The van der Waals surface area contributed by atoms with Crippen LogP contribution in [-0.2, 0) is 6.54 Å². The summed E-state index contributed by atoms with van der Waals surface area (Å²) in [5.74, 6) is 6.02. The SMILES string of the molecule is CCN(Cc1cccc(C#CCCO)c1)CC(C)C#N. The van der Waals surface area contributed by atoms with Crippen molar-refractivity contribution in [2.75, 3.05) is 19.7 Å². The normalized spacial score (nSPS) is 11.6. The van der Waals surface area contributed by atoms with Crippen molar-refractivity contribution >= 4 is 0 Å². The minimum Gasteiger partial charge on any atom is -0.395 e. The number of benzene rings is 1. The molecule has 1 N–H and O–H groups in total. The second-order valence-corrected chi connectivity index (χ2v) is 4.83. The van der Waals surface area contributed by atoms with Gasteiger partial charge in [0.2, 0.25) is 0 Å². The van der Waals surface area contributed by atoms with Crippen LogP contribution in [-0.4, -0.2) is 29.7 Å². The summed E-state index contributed by atoms with van der Waals surface area (Å²) in [6.45, 7) is 6.69. The zero-order valence-corrected chi connectivity index (χ0v) is 12.3. The molecule has 1 atom stereocenters. The lowest BCUT2D eigenvalue weighted by atomic mass is 10.1. The molecule has 0 fully saturated rings. The number of rotatable bonds is 6.